The Labute approximate surface area is 124 Å². The molecular weight excluding hydrogens is 272 g/mol. The number of rotatable bonds is 6. The molecule has 1 heterocycles. The van der Waals surface area contributed by atoms with E-state index in [0.717, 1.165) is 32.1 Å². The molecule has 0 aliphatic heterocycles. The zero-order chi connectivity index (χ0) is 14.2. The van der Waals surface area contributed by atoms with Crippen molar-refractivity contribution in [1.29, 1.82) is 0 Å². The fraction of sp³-hybridized carbons (Fsp3) is 0.600. The smallest absolute Gasteiger partial charge is 0.239 e. The molecule has 1 saturated carbocycles. The van der Waals surface area contributed by atoms with Crippen molar-refractivity contribution >= 4 is 23.2 Å². The van der Waals surface area contributed by atoms with Gasteiger partial charge < -0.3 is 10.6 Å². The normalized spacial score (nSPS) is 15.8. The summed E-state index contributed by atoms with van der Waals surface area (Å²) in [6.07, 6.45) is 6.26. The van der Waals surface area contributed by atoms with Gasteiger partial charge in [0.2, 0.25) is 11.8 Å². The first kappa shape index (κ1) is 15.0. The molecule has 1 aromatic rings. The van der Waals surface area contributed by atoms with E-state index < -0.39 is 0 Å². The second-order valence-electron chi connectivity index (χ2n) is 5.23. The molecule has 0 saturated heterocycles. The second kappa shape index (κ2) is 8.04. The van der Waals surface area contributed by atoms with E-state index >= 15 is 0 Å². The standard InChI is InChI=1S/C15H22N2O2S/c18-14(16-9-8-13-7-4-10-20-13)11-17-15(19)12-5-2-1-3-6-12/h4,7,10,12H,1-3,5-6,8-9,11H2,(H,16,18)(H,17,19). The summed E-state index contributed by atoms with van der Waals surface area (Å²) in [5.74, 6) is 0.0477. The molecule has 0 bridgehead atoms. The Morgan fingerprint density at radius 1 is 1.20 bits per heavy atom. The molecule has 110 valence electrons. The summed E-state index contributed by atoms with van der Waals surface area (Å²) in [6, 6.07) is 4.06. The zero-order valence-corrected chi connectivity index (χ0v) is 12.5. The fourth-order valence-corrected chi connectivity index (χ4v) is 3.23. The Morgan fingerprint density at radius 2 is 2.00 bits per heavy atom. The van der Waals surface area contributed by atoms with Crippen LogP contribution >= 0.6 is 11.3 Å². The summed E-state index contributed by atoms with van der Waals surface area (Å²) in [5, 5.41) is 7.61. The lowest BCUT2D eigenvalue weighted by atomic mass is 9.89. The molecule has 0 atom stereocenters. The molecular formula is C15H22N2O2S. The van der Waals surface area contributed by atoms with Gasteiger partial charge in [-0.15, -0.1) is 11.3 Å². The van der Waals surface area contributed by atoms with Gasteiger partial charge >= 0.3 is 0 Å². The van der Waals surface area contributed by atoms with E-state index in [-0.39, 0.29) is 24.3 Å². The van der Waals surface area contributed by atoms with Crippen molar-refractivity contribution in [2.75, 3.05) is 13.1 Å². The van der Waals surface area contributed by atoms with Crippen LogP contribution in [0.3, 0.4) is 0 Å². The maximum absolute atomic E-state index is 11.9. The van der Waals surface area contributed by atoms with Crippen molar-refractivity contribution in [2.24, 2.45) is 5.92 Å². The number of hydrogen-bond donors (Lipinski definition) is 2. The average molecular weight is 294 g/mol. The van der Waals surface area contributed by atoms with Crippen LogP contribution in [0.4, 0.5) is 0 Å². The molecule has 0 radical (unpaired) electrons. The van der Waals surface area contributed by atoms with E-state index in [1.54, 1.807) is 11.3 Å². The van der Waals surface area contributed by atoms with Crippen LogP contribution in [0.25, 0.3) is 0 Å². The van der Waals surface area contributed by atoms with Crippen molar-refractivity contribution in [3.63, 3.8) is 0 Å². The first-order valence-corrected chi connectivity index (χ1v) is 8.20. The predicted molar refractivity (Wildman–Crippen MR) is 80.6 cm³/mol. The summed E-state index contributed by atoms with van der Waals surface area (Å²) >= 11 is 1.69. The maximum Gasteiger partial charge on any atom is 0.239 e. The van der Waals surface area contributed by atoms with E-state index in [4.69, 9.17) is 0 Å². The Morgan fingerprint density at radius 3 is 2.70 bits per heavy atom. The second-order valence-corrected chi connectivity index (χ2v) is 6.26. The first-order valence-electron chi connectivity index (χ1n) is 7.32. The molecule has 4 nitrogen and oxygen atoms in total. The van der Waals surface area contributed by atoms with Gasteiger partial charge in [-0.05, 0) is 30.7 Å². The minimum Gasteiger partial charge on any atom is -0.354 e. The van der Waals surface area contributed by atoms with Crippen molar-refractivity contribution in [3.8, 4) is 0 Å². The number of nitrogens with one attached hydrogen (secondary N) is 2. The van der Waals surface area contributed by atoms with Crippen LogP contribution in [0.5, 0.6) is 0 Å². The summed E-state index contributed by atoms with van der Waals surface area (Å²) in [4.78, 5) is 24.8. The van der Waals surface area contributed by atoms with Crippen molar-refractivity contribution < 1.29 is 9.59 Å². The van der Waals surface area contributed by atoms with Gasteiger partial charge in [0.05, 0.1) is 6.54 Å². The van der Waals surface area contributed by atoms with Gasteiger partial charge in [0.1, 0.15) is 0 Å². The van der Waals surface area contributed by atoms with Gasteiger partial charge in [-0.1, -0.05) is 25.3 Å². The van der Waals surface area contributed by atoms with Crippen LogP contribution in [0.1, 0.15) is 37.0 Å². The monoisotopic (exact) mass is 294 g/mol. The first-order chi connectivity index (χ1) is 9.75. The molecule has 5 heteroatoms. The summed E-state index contributed by atoms with van der Waals surface area (Å²) in [6.45, 7) is 0.721. The third-order valence-corrected chi connectivity index (χ3v) is 4.61. The van der Waals surface area contributed by atoms with Gasteiger partial charge in [-0.2, -0.15) is 0 Å². The third kappa shape index (κ3) is 4.96. The number of carbonyl (C=O) groups excluding carboxylic acids is 2. The molecule has 0 spiro atoms. The minimum absolute atomic E-state index is 0.0399. The van der Waals surface area contributed by atoms with Crippen molar-refractivity contribution in [2.45, 2.75) is 38.5 Å². The Kier molecular flexibility index (Phi) is 6.05. The molecule has 1 aromatic heterocycles. The Bertz CT molecular complexity index is 425. The highest BCUT2D eigenvalue weighted by molar-refractivity contribution is 7.09. The number of amides is 2. The molecule has 1 aliphatic rings. The molecule has 1 fully saturated rings. The highest BCUT2D eigenvalue weighted by atomic mass is 32.1. The lowest BCUT2D eigenvalue weighted by molar-refractivity contribution is -0.129. The van der Waals surface area contributed by atoms with Crippen molar-refractivity contribution in [1.82, 2.24) is 10.6 Å². The van der Waals surface area contributed by atoms with Gasteiger partial charge in [-0.3, -0.25) is 9.59 Å². The predicted octanol–water partition coefficient (Wildman–Crippen LogP) is 2.10. The fourth-order valence-electron chi connectivity index (χ4n) is 2.52. The van der Waals surface area contributed by atoms with E-state index in [1.165, 1.54) is 11.3 Å². The number of carbonyl (C=O) groups is 2. The van der Waals surface area contributed by atoms with E-state index in [1.807, 2.05) is 11.4 Å². The highest BCUT2D eigenvalue weighted by Gasteiger charge is 2.21. The molecule has 20 heavy (non-hydrogen) atoms. The van der Waals surface area contributed by atoms with Gasteiger partial charge in [0.25, 0.3) is 0 Å². The lowest BCUT2D eigenvalue weighted by Crippen LogP contribution is -2.40. The van der Waals surface area contributed by atoms with Crippen LogP contribution < -0.4 is 10.6 Å². The van der Waals surface area contributed by atoms with Gasteiger partial charge in [-0.25, -0.2) is 0 Å². The molecule has 1 aliphatic carbocycles. The number of hydrogen-bond acceptors (Lipinski definition) is 3. The van der Waals surface area contributed by atoms with Crippen molar-refractivity contribution in [3.05, 3.63) is 22.4 Å². The SMILES string of the molecule is O=C(CNC(=O)C1CCCCC1)NCCc1cccs1. The summed E-state index contributed by atoms with van der Waals surface area (Å²) < 4.78 is 0. The lowest BCUT2D eigenvalue weighted by Gasteiger charge is -2.20. The van der Waals surface area contributed by atoms with E-state index in [2.05, 4.69) is 16.7 Å². The Hall–Kier alpha value is -1.36. The zero-order valence-electron chi connectivity index (χ0n) is 11.7. The summed E-state index contributed by atoms with van der Waals surface area (Å²) in [5.41, 5.74) is 0. The highest BCUT2D eigenvalue weighted by Crippen LogP contribution is 2.23. The molecule has 0 unspecified atom stereocenters. The Balaban J connectivity index is 1.58. The molecule has 2 amide bonds. The maximum atomic E-state index is 11.9. The largest absolute Gasteiger partial charge is 0.354 e. The quantitative estimate of drug-likeness (QED) is 0.844. The van der Waals surface area contributed by atoms with E-state index in [0.29, 0.717) is 6.54 Å². The molecule has 0 aromatic carbocycles. The minimum atomic E-state index is -0.106. The van der Waals surface area contributed by atoms with Crippen LogP contribution in [-0.2, 0) is 16.0 Å². The van der Waals surface area contributed by atoms with Gasteiger partial charge in [0, 0.05) is 17.3 Å². The molecule has 2 rings (SSSR count). The summed E-state index contributed by atoms with van der Waals surface area (Å²) in [7, 11) is 0. The average Bonchev–Trinajstić information content (AvgIpc) is 2.99. The topological polar surface area (TPSA) is 58.2 Å². The van der Waals surface area contributed by atoms with Crippen LogP contribution in [0.15, 0.2) is 17.5 Å². The van der Waals surface area contributed by atoms with Crippen LogP contribution in [-0.4, -0.2) is 24.9 Å². The van der Waals surface area contributed by atoms with E-state index in [9.17, 15) is 9.59 Å². The molecule has 2 N–H and O–H groups in total. The van der Waals surface area contributed by atoms with Crippen LogP contribution in [0.2, 0.25) is 0 Å². The van der Waals surface area contributed by atoms with Gasteiger partial charge in [0.15, 0.2) is 0 Å². The van der Waals surface area contributed by atoms with Crippen LogP contribution in [0, 0.1) is 5.92 Å². The third-order valence-electron chi connectivity index (χ3n) is 3.67. The number of thiophene rings is 1.